The Balaban J connectivity index is 1.71. The van der Waals surface area contributed by atoms with Gasteiger partial charge in [-0.05, 0) is 19.1 Å². The lowest BCUT2D eigenvalue weighted by Gasteiger charge is -2.24. The summed E-state index contributed by atoms with van der Waals surface area (Å²) in [7, 11) is 0. The molecule has 1 aromatic rings. The summed E-state index contributed by atoms with van der Waals surface area (Å²) in [6.07, 6.45) is -3.31. The predicted octanol–water partition coefficient (Wildman–Crippen LogP) is 1.06. The highest BCUT2D eigenvalue weighted by molar-refractivity contribution is 7.80. The zero-order valence-electron chi connectivity index (χ0n) is 16.6. The molecule has 2 aliphatic heterocycles. The Bertz CT molecular complexity index is 852. The van der Waals surface area contributed by atoms with Crippen LogP contribution in [0, 0.1) is 11.6 Å². The summed E-state index contributed by atoms with van der Waals surface area (Å²) < 4.78 is 47.7. The number of hydrogen-bond acceptors (Lipinski definition) is 6. The third-order valence-corrected chi connectivity index (χ3v) is 5.00. The molecule has 0 aliphatic carbocycles. The molecular formula is C18H22F3N5O4S. The molecule has 3 N–H and O–H groups in total. The second-order valence-corrected chi connectivity index (χ2v) is 7.41. The van der Waals surface area contributed by atoms with E-state index in [-0.39, 0.29) is 55.8 Å². The van der Waals surface area contributed by atoms with Gasteiger partial charge in [-0.2, -0.15) is 0 Å². The Labute approximate surface area is 181 Å². The van der Waals surface area contributed by atoms with Gasteiger partial charge in [0.2, 0.25) is 0 Å². The number of cyclic esters (lactones) is 1. The van der Waals surface area contributed by atoms with Gasteiger partial charge in [-0.1, -0.05) is 0 Å². The number of ether oxygens (including phenoxy) is 1. The van der Waals surface area contributed by atoms with Crippen LogP contribution < -0.4 is 20.9 Å². The molecule has 1 unspecified atom stereocenters. The molecule has 2 aliphatic rings. The maximum atomic E-state index is 14.8. The second kappa shape index (κ2) is 9.56. The third-order valence-electron chi connectivity index (χ3n) is 4.80. The molecule has 3 rings (SSSR count). The molecule has 0 saturated carbocycles. The highest BCUT2D eigenvalue weighted by atomic mass is 32.1. The number of hydroxylamine groups is 2. The van der Waals surface area contributed by atoms with Crippen LogP contribution in [-0.4, -0.2) is 73.8 Å². The Kier molecular flexibility index (Phi) is 7.05. The number of alkyl halides is 1. The number of rotatable bonds is 5. The molecule has 2 saturated heterocycles. The number of benzene rings is 1. The summed E-state index contributed by atoms with van der Waals surface area (Å²) >= 11 is 4.85. The molecule has 9 nitrogen and oxygen atoms in total. The highest BCUT2D eigenvalue weighted by Crippen LogP contribution is 2.31. The molecule has 1 aromatic carbocycles. The van der Waals surface area contributed by atoms with Crippen LogP contribution in [0.3, 0.4) is 0 Å². The van der Waals surface area contributed by atoms with Crippen LogP contribution in [0.25, 0.3) is 0 Å². The third kappa shape index (κ3) is 5.28. The minimum Gasteiger partial charge on any atom is -0.442 e. The average Bonchev–Trinajstić information content (AvgIpc) is 2.90. The van der Waals surface area contributed by atoms with Gasteiger partial charge in [-0.25, -0.2) is 23.0 Å². The first-order valence-electron chi connectivity index (χ1n) is 9.51. The number of anilines is 2. The molecule has 0 radical (unpaired) electrons. The van der Waals surface area contributed by atoms with Crippen molar-refractivity contribution in [3.8, 4) is 0 Å². The van der Waals surface area contributed by atoms with Crippen molar-refractivity contribution in [3.05, 3.63) is 23.8 Å². The van der Waals surface area contributed by atoms with E-state index in [2.05, 4.69) is 5.32 Å². The SMILES string of the molecule is CC(F)C(=O)NC[C@H]1CN(c2cc(F)c(N3CCON(C(N)=S)CC3)c(F)c2)C(=O)O1. The Morgan fingerprint density at radius 3 is 2.61 bits per heavy atom. The predicted molar refractivity (Wildman–Crippen MR) is 109 cm³/mol. The maximum Gasteiger partial charge on any atom is 0.414 e. The summed E-state index contributed by atoms with van der Waals surface area (Å²) in [5.41, 5.74) is 5.23. The van der Waals surface area contributed by atoms with Crippen LogP contribution in [0.5, 0.6) is 0 Å². The van der Waals surface area contributed by atoms with Gasteiger partial charge in [0.25, 0.3) is 5.91 Å². The fourth-order valence-corrected chi connectivity index (χ4v) is 3.39. The summed E-state index contributed by atoms with van der Waals surface area (Å²) in [4.78, 5) is 31.3. The normalized spacial score (nSPS) is 20.3. The fraction of sp³-hybridized carbons (Fsp3) is 0.500. The summed E-state index contributed by atoms with van der Waals surface area (Å²) in [6, 6.07) is 2.06. The number of carbonyl (C=O) groups is 2. The molecule has 0 spiro atoms. The number of amides is 2. The summed E-state index contributed by atoms with van der Waals surface area (Å²) in [5.74, 6) is -2.57. The van der Waals surface area contributed by atoms with Crippen LogP contribution in [0.1, 0.15) is 6.92 Å². The van der Waals surface area contributed by atoms with Crippen LogP contribution in [0.15, 0.2) is 12.1 Å². The van der Waals surface area contributed by atoms with Crippen molar-refractivity contribution >= 4 is 40.7 Å². The van der Waals surface area contributed by atoms with Gasteiger partial charge in [0.1, 0.15) is 11.8 Å². The highest BCUT2D eigenvalue weighted by Gasteiger charge is 2.34. The molecule has 170 valence electrons. The number of hydrogen-bond donors (Lipinski definition) is 2. The maximum absolute atomic E-state index is 14.8. The van der Waals surface area contributed by atoms with E-state index < -0.39 is 35.9 Å². The van der Waals surface area contributed by atoms with E-state index in [1.165, 1.54) is 9.96 Å². The van der Waals surface area contributed by atoms with Crippen molar-refractivity contribution < 1.29 is 32.3 Å². The van der Waals surface area contributed by atoms with Crippen molar-refractivity contribution in [2.75, 3.05) is 49.1 Å². The molecule has 2 fully saturated rings. The van der Waals surface area contributed by atoms with Gasteiger partial charge in [0.05, 0.1) is 31.9 Å². The quantitative estimate of drug-likeness (QED) is 0.628. The molecule has 2 heterocycles. The van der Waals surface area contributed by atoms with Gasteiger partial charge in [0, 0.05) is 25.2 Å². The number of thiocarbonyl (C=S) groups is 1. The minimum atomic E-state index is -1.71. The zero-order chi connectivity index (χ0) is 22.7. The second-order valence-electron chi connectivity index (χ2n) is 7.00. The van der Waals surface area contributed by atoms with Gasteiger partial charge < -0.3 is 20.7 Å². The smallest absolute Gasteiger partial charge is 0.414 e. The van der Waals surface area contributed by atoms with Crippen molar-refractivity contribution in [1.29, 1.82) is 0 Å². The minimum absolute atomic E-state index is 0.0254. The largest absolute Gasteiger partial charge is 0.442 e. The Morgan fingerprint density at radius 1 is 1.32 bits per heavy atom. The molecular weight excluding hydrogens is 439 g/mol. The van der Waals surface area contributed by atoms with Gasteiger partial charge in [-0.15, -0.1) is 0 Å². The number of nitrogens with zero attached hydrogens (tertiary/aromatic N) is 3. The monoisotopic (exact) mass is 461 g/mol. The number of halogens is 3. The van der Waals surface area contributed by atoms with E-state index in [4.69, 9.17) is 27.5 Å². The van der Waals surface area contributed by atoms with Crippen LogP contribution in [-0.2, 0) is 14.4 Å². The topological polar surface area (TPSA) is 100 Å². The van der Waals surface area contributed by atoms with Crippen molar-refractivity contribution in [2.24, 2.45) is 5.73 Å². The van der Waals surface area contributed by atoms with Crippen molar-refractivity contribution in [3.63, 3.8) is 0 Å². The average molecular weight is 461 g/mol. The molecule has 2 atom stereocenters. The van der Waals surface area contributed by atoms with Crippen LogP contribution >= 0.6 is 12.2 Å². The van der Waals surface area contributed by atoms with Crippen molar-refractivity contribution in [2.45, 2.75) is 19.2 Å². The van der Waals surface area contributed by atoms with Gasteiger partial charge >= 0.3 is 6.09 Å². The number of nitrogens with one attached hydrogen (secondary N) is 1. The van der Waals surface area contributed by atoms with E-state index >= 15 is 0 Å². The lowest BCUT2D eigenvalue weighted by Crippen LogP contribution is -2.38. The molecule has 2 amide bonds. The van der Waals surface area contributed by atoms with E-state index in [0.29, 0.717) is 0 Å². The van der Waals surface area contributed by atoms with Gasteiger partial charge in [0.15, 0.2) is 22.9 Å². The Morgan fingerprint density at radius 2 is 2.00 bits per heavy atom. The summed E-state index contributed by atoms with van der Waals surface area (Å²) in [5, 5.41) is 3.61. The first-order valence-corrected chi connectivity index (χ1v) is 9.92. The first-order chi connectivity index (χ1) is 14.7. The van der Waals surface area contributed by atoms with Gasteiger partial charge in [-0.3, -0.25) is 14.5 Å². The number of carbonyl (C=O) groups excluding carboxylic acids is 2. The van der Waals surface area contributed by atoms with Crippen LogP contribution in [0.4, 0.5) is 29.3 Å². The van der Waals surface area contributed by atoms with E-state index in [0.717, 1.165) is 24.0 Å². The molecule has 13 heteroatoms. The lowest BCUT2D eigenvalue weighted by molar-refractivity contribution is -0.125. The van der Waals surface area contributed by atoms with Crippen LogP contribution in [0.2, 0.25) is 0 Å². The van der Waals surface area contributed by atoms with E-state index in [1.807, 2.05) is 0 Å². The first kappa shape index (κ1) is 22.9. The van der Waals surface area contributed by atoms with E-state index in [9.17, 15) is 22.8 Å². The fourth-order valence-electron chi connectivity index (χ4n) is 3.25. The standard InChI is InChI=1S/C18H22F3N5O4S/c1-10(19)16(27)23-8-12-9-25(18(28)30-12)11-6-13(20)15(14(21)7-11)24-2-3-26(17(22)31)29-5-4-24/h6-7,10,12H,2-5,8-9H2,1H3,(H2,22,31)(H,23,27)/t10?,12-/m0/s1. The number of nitrogens with two attached hydrogens (primary N) is 1. The zero-order valence-corrected chi connectivity index (χ0v) is 17.5. The Hall–Kier alpha value is -2.80. The lowest BCUT2D eigenvalue weighted by atomic mass is 10.2. The summed E-state index contributed by atoms with van der Waals surface area (Å²) in [6.45, 7) is 1.66. The molecule has 0 bridgehead atoms. The van der Waals surface area contributed by atoms with Crippen molar-refractivity contribution in [1.82, 2.24) is 10.4 Å². The molecule has 0 aromatic heterocycles. The van der Waals surface area contributed by atoms with E-state index in [1.54, 1.807) is 0 Å². The molecule has 31 heavy (non-hydrogen) atoms.